The Morgan fingerprint density at radius 2 is 1.83 bits per heavy atom. The number of rotatable bonds is 2. The number of carbonyl (C=O) groups is 2. The van der Waals surface area contributed by atoms with Gasteiger partial charge in [-0.25, -0.2) is 4.79 Å². The van der Waals surface area contributed by atoms with Crippen LogP contribution >= 0.6 is 0 Å². The summed E-state index contributed by atoms with van der Waals surface area (Å²) in [6, 6.07) is 8.32. The molecular formula is C8H6O3Pd. The Balaban J connectivity index is 0.00000121. The first-order chi connectivity index (χ1) is 5.34. The standard InChI is InChI=1S/C8H6O3.Pd/c9-6-11-8(10)7-4-2-1-3-5-7;/h1-6H;. The summed E-state index contributed by atoms with van der Waals surface area (Å²) in [5, 5.41) is 0. The Bertz CT molecular complexity index is 258. The van der Waals surface area contributed by atoms with Crippen LogP contribution in [0.4, 0.5) is 0 Å². The molecule has 0 bridgehead atoms. The van der Waals surface area contributed by atoms with Crippen molar-refractivity contribution in [3.63, 3.8) is 0 Å². The molecule has 0 saturated heterocycles. The molecule has 66 valence electrons. The van der Waals surface area contributed by atoms with Gasteiger partial charge in [0.1, 0.15) is 0 Å². The minimum atomic E-state index is -0.624. The van der Waals surface area contributed by atoms with Crippen LogP contribution in [0, 0.1) is 0 Å². The first-order valence-electron chi connectivity index (χ1n) is 3.04. The molecule has 0 unspecified atom stereocenters. The van der Waals surface area contributed by atoms with Gasteiger partial charge >= 0.3 is 12.4 Å². The molecule has 1 aromatic rings. The number of carbonyl (C=O) groups excluding carboxylic acids is 2. The molecule has 0 amide bonds. The summed E-state index contributed by atoms with van der Waals surface area (Å²) in [5.74, 6) is -0.624. The van der Waals surface area contributed by atoms with Gasteiger partial charge in [-0.05, 0) is 12.1 Å². The van der Waals surface area contributed by atoms with Crippen LogP contribution < -0.4 is 0 Å². The van der Waals surface area contributed by atoms with Crippen molar-refractivity contribution < 1.29 is 34.7 Å². The summed E-state index contributed by atoms with van der Waals surface area (Å²) in [7, 11) is 0. The van der Waals surface area contributed by atoms with Gasteiger partial charge in [-0.2, -0.15) is 0 Å². The third kappa shape index (κ3) is 2.95. The van der Waals surface area contributed by atoms with Crippen molar-refractivity contribution in [1.82, 2.24) is 0 Å². The second-order valence-electron chi connectivity index (χ2n) is 1.87. The minimum Gasteiger partial charge on any atom is -0.392 e. The smallest absolute Gasteiger partial charge is 0.345 e. The van der Waals surface area contributed by atoms with E-state index in [0.29, 0.717) is 5.56 Å². The molecule has 0 fully saturated rings. The monoisotopic (exact) mass is 256 g/mol. The topological polar surface area (TPSA) is 43.4 Å². The van der Waals surface area contributed by atoms with Gasteiger partial charge in [0.25, 0.3) is 0 Å². The first kappa shape index (κ1) is 11.0. The van der Waals surface area contributed by atoms with Crippen LogP contribution in [0.15, 0.2) is 30.3 Å². The van der Waals surface area contributed by atoms with Gasteiger partial charge in [-0.3, -0.25) is 4.79 Å². The van der Waals surface area contributed by atoms with E-state index in [4.69, 9.17) is 0 Å². The van der Waals surface area contributed by atoms with Crippen molar-refractivity contribution in [2.75, 3.05) is 0 Å². The number of hydrogen-bond acceptors (Lipinski definition) is 3. The molecule has 0 spiro atoms. The molecule has 0 aliphatic carbocycles. The third-order valence-corrected chi connectivity index (χ3v) is 1.16. The molecule has 3 nitrogen and oxygen atoms in total. The fraction of sp³-hybridized carbons (Fsp3) is 0. The second-order valence-corrected chi connectivity index (χ2v) is 1.87. The van der Waals surface area contributed by atoms with E-state index in [1.807, 2.05) is 0 Å². The van der Waals surface area contributed by atoms with Gasteiger partial charge < -0.3 is 4.74 Å². The Morgan fingerprint density at radius 3 is 2.33 bits per heavy atom. The summed E-state index contributed by atoms with van der Waals surface area (Å²) in [4.78, 5) is 20.5. The summed E-state index contributed by atoms with van der Waals surface area (Å²) < 4.78 is 4.11. The molecule has 1 rings (SSSR count). The van der Waals surface area contributed by atoms with Crippen LogP contribution in [0.3, 0.4) is 0 Å². The van der Waals surface area contributed by atoms with Crippen molar-refractivity contribution in [3.8, 4) is 0 Å². The van der Waals surface area contributed by atoms with Crippen molar-refractivity contribution in [2.24, 2.45) is 0 Å². The molecule has 12 heavy (non-hydrogen) atoms. The zero-order chi connectivity index (χ0) is 8.10. The van der Waals surface area contributed by atoms with Gasteiger partial charge in [-0.15, -0.1) is 0 Å². The van der Waals surface area contributed by atoms with E-state index in [1.165, 1.54) is 0 Å². The molecular weight excluding hydrogens is 251 g/mol. The fourth-order valence-corrected chi connectivity index (χ4v) is 0.686. The summed E-state index contributed by atoms with van der Waals surface area (Å²) in [5.41, 5.74) is 0.375. The Hall–Kier alpha value is -0.978. The molecule has 4 heteroatoms. The van der Waals surface area contributed by atoms with Crippen LogP contribution in [0.2, 0.25) is 0 Å². The average Bonchev–Trinajstić information content (AvgIpc) is 2.07. The summed E-state index contributed by atoms with van der Waals surface area (Å²) >= 11 is 0. The largest absolute Gasteiger partial charge is 0.392 e. The molecule has 1 aromatic carbocycles. The predicted molar refractivity (Wildman–Crippen MR) is 37.9 cm³/mol. The van der Waals surface area contributed by atoms with Crippen molar-refractivity contribution >= 4 is 12.4 Å². The SMILES string of the molecule is O=COC(=O)c1ccccc1.[Pd]. The van der Waals surface area contributed by atoms with Gasteiger partial charge in [-0.1, -0.05) is 18.2 Å². The van der Waals surface area contributed by atoms with Crippen LogP contribution in [0.25, 0.3) is 0 Å². The fourth-order valence-electron chi connectivity index (χ4n) is 0.686. The maximum atomic E-state index is 10.8. The van der Waals surface area contributed by atoms with E-state index in [-0.39, 0.29) is 26.9 Å². The predicted octanol–water partition coefficient (Wildman–Crippen LogP) is 0.997. The molecule has 0 aliphatic heterocycles. The third-order valence-electron chi connectivity index (χ3n) is 1.16. The number of benzene rings is 1. The zero-order valence-corrected chi connectivity index (χ0v) is 7.56. The first-order valence-corrected chi connectivity index (χ1v) is 3.04. The molecule has 0 radical (unpaired) electrons. The molecule has 0 atom stereocenters. The van der Waals surface area contributed by atoms with Gasteiger partial charge in [0.2, 0.25) is 0 Å². The minimum absolute atomic E-state index is 0. The maximum absolute atomic E-state index is 10.8. The van der Waals surface area contributed by atoms with Crippen LogP contribution in [-0.4, -0.2) is 12.4 Å². The quantitative estimate of drug-likeness (QED) is 0.343. The number of esters is 1. The molecule has 0 aromatic heterocycles. The summed E-state index contributed by atoms with van der Waals surface area (Å²) in [6.07, 6.45) is 0. The van der Waals surface area contributed by atoms with Gasteiger partial charge in [0, 0.05) is 20.4 Å². The van der Waals surface area contributed by atoms with Crippen LogP contribution in [0.1, 0.15) is 10.4 Å². The van der Waals surface area contributed by atoms with E-state index in [9.17, 15) is 9.59 Å². The number of hydrogen-bond donors (Lipinski definition) is 0. The molecule has 0 N–H and O–H groups in total. The molecule has 0 aliphatic rings. The van der Waals surface area contributed by atoms with E-state index in [2.05, 4.69) is 4.74 Å². The molecule has 0 heterocycles. The van der Waals surface area contributed by atoms with E-state index < -0.39 is 5.97 Å². The normalized spacial score (nSPS) is 8.00. The van der Waals surface area contributed by atoms with E-state index >= 15 is 0 Å². The van der Waals surface area contributed by atoms with E-state index in [1.54, 1.807) is 30.3 Å². The van der Waals surface area contributed by atoms with Crippen molar-refractivity contribution in [1.29, 1.82) is 0 Å². The average molecular weight is 257 g/mol. The van der Waals surface area contributed by atoms with Crippen LogP contribution in [0.5, 0.6) is 0 Å². The Labute approximate surface area is 83.4 Å². The maximum Gasteiger partial charge on any atom is 0.345 e. The Morgan fingerprint density at radius 1 is 1.25 bits per heavy atom. The van der Waals surface area contributed by atoms with Crippen LogP contribution in [-0.2, 0) is 30.0 Å². The Kier molecular flexibility index (Phi) is 5.18. The zero-order valence-electron chi connectivity index (χ0n) is 6.01. The number of ether oxygens (including phenoxy) is 1. The summed E-state index contributed by atoms with van der Waals surface area (Å²) in [6.45, 7) is 0.120. The second kappa shape index (κ2) is 5.64. The van der Waals surface area contributed by atoms with E-state index in [0.717, 1.165) is 0 Å². The molecule has 0 saturated carbocycles. The van der Waals surface area contributed by atoms with Crippen molar-refractivity contribution in [2.45, 2.75) is 0 Å². The van der Waals surface area contributed by atoms with Crippen molar-refractivity contribution in [3.05, 3.63) is 35.9 Å². The van der Waals surface area contributed by atoms with Gasteiger partial charge in [0.15, 0.2) is 0 Å². The van der Waals surface area contributed by atoms with Gasteiger partial charge in [0.05, 0.1) is 5.56 Å².